The fourth-order valence-electron chi connectivity index (χ4n) is 5.89. The van der Waals surface area contributed by atoms with Gasteiger partial charge in [0.1, 0.15) is 4.88 Å². The first kappa shape index (κ1) is 28.5. The van der Waals surface area contributed by atoms with E-state index in [4.69, 9.17) is 14.2 Å². The summed E-state index contributed by atoms with van der Waals surface area (Å²) in [6.45, 7) is 8.51. The van der Waals surface area contributed by atoms with E-state index in [-0.39, 0.29) is 35.5 Å². The largest absolute Gasteiger partial charge is 0.465 e. The molecule has 1 aromatic heterocycles. The predicted octanol–water partition coefficient (Wildman–Crippen LogP) is 5.47. The first-order chi connectivity index (χ1) is 17.7. The number of hydrogen-bond acceptors (Lipinski definition) is 7. The second-order valence-corrected chi connectivity index (χ2v) is 13.0. The minimum atomic E-state index is -0.404. The molecule has 1 aromatic rings. The van der Waals surface area contributed by atoms with Crippen molar-refractivity contribution in [2.45, 2.75) is 109 Å². The molecule has 0 bridgehead atoms. The maximum absolute atomic E-state index is 14.1. The van der Waals surface area contributed by atoms with Crippen LogP contribution in [0.5, 0.6) is 0 Å². The standard InChI is InChI=1S/C29H45NO6S/c1-19-5-7-20(8-6-19)27(32)30(21-9-11-22(31)12-10-21)24-17-25(37-26(24)28(33)34-4)29(2,3)18-36-23-13-15-35-16-14-23/h17,19-23,31H,5-16,18H2,1-4H3/t19-,20-,21-,22-. The smallest absolute Gasteiger partial charge is 0.350 e. The van der Waals surface area contributed by atoms with E-state index in [1.54, 1.807) is 0 Å². The molecule has 7 nitrogen and oxygen atoms in total. The van der Waals surface area contributed by atoms with Gasteiger partial charge in [0, 0.05) is 35.5 Å². The molecule has 0 unspecified atom stereocenters. The van der Waals surface area contributed by atoms with Crippen LogP contribution in [0, 0.1) is 11.8 Å². The van der Waals surface area contributed by atoms with Gasteiger partial charge in [-0.2, -0.15) is 0 Å². The lowest BCUT2D eigenvalue weighted by Gasteiger charge is -2.39. The summed E-state index contributed by atoms with van der Waals surface area (Å²) in [5, 5.41) is 10.2. The molecule has 1 aliphatic heterocycles. The topological polar surface area (TPSA) is 85.3 Å². The summed E-state index contributed by atoms with van der Waals surface area (Å²) in [5.41, 5.74) is 0.345. The van der Waals surface area contributed by atoms with Crippen LogP contribution in [0.1, 0.15) is 99.5 Å². The molecular formula is C29H45NO6S. The molecule has 2 heterocycles. The number of carbonyl (C=O) groups is 2. The summed E-state index contributed by atoms with van der Waals surface area (Å²) in [5.74, 6) is 0.344. The third-order valence-electron chi connectivity index (χ3n) is 8.49. The number of hydrogen-bond donors (Lipinski definition) is 1. The molecule has 8 heteroatoms. The maximum atomic E-state index is 14.1. The SMILES string of the molecule is COC(=O)c1sc(C(C)(C)COC2CCOCC2)cc1N(C(=O)[C@H]1CC[C@H](C)CC1)[C@H]1CC[C@H](O)CC1. The number of amides is 1. The number of thiophene rings is 1. The van der Waals surface area contributed by atoms with E-state index in [2.05, 4.69) is 20.8 Å². The number of methoxy groups -OCH3 is 1. The molecule has 1 amide bonds. The summed E-state index contributed by atoms with van der Waals surface area (Å²) in [6, 6.07) is 2.02. The average molecular weight is 536 g/mol. The molecule has 0 aromatic carbocycles. The summed E-state index contributed by atoms with van der Waals surface area (Å²) >= 11 is 1.42. The van der Waals surface area contributed by atoms with Crippen LogP contribution in [0.3, 0.4) is 0 Å². The molecule has 2 aliphatic carbocycles. The van der Waals surface area contributed by atoms with Gasteiger partial charge in [0.2, 0.25) is 5.91 Å². The zero-order valence-electron chi connectivity index (χ0n) is 23.0. The Bertz CT molecular complexity index is 907. The van der Waals surface area contributed by atoms with E-state index in [0.717, 1.165) is 69.5 Å². The summed E-state index contributed by atoms with van der Waals surface area (Å²) < 4.78 is 16.9. The zero-order chi connectivity index (χ0) is 26.6. The average Bonchev–Trinajstić information content (AvgIpc) is 3.35. The fourth-order valence-corrected chi connectivity index (χ4v) is 7.04. The quantitative estimate of drug-likeness (QED) is 0.444. The number of anilines is 1. The second kappa shape index (κ2) is 12.6. The van der Waals surface area contributed by atoms with E-state index >= 15 is 0 Å². The van der Waals surface area contributed by atoms with Crippen molar-refractivity contribution >= 4 is 28.9 Å². The molecule has 3 aliphatic rings. The van der Waals surface area contributed by atoms with E-state index in [1.807, 2.05) is 11.0 Å². The van der Waals surface area contributed by atoms with Gasteiger partial charge < -0.3 is 24.2 Å². The summed E-state index contributed by atoms with van der Waals surface area (Å²) in [6.07, 6.45) is 8.38. The Morgan fingerprint density at radius 3 is 2.32 bits per heavy atom. The van der Waals surface area contributed by atoms with Gasteiger partial charge in [-0.25, -0.2) is 4.79 Å². The molecule has 1 saturated heterocycles. The van der Waals surface area contributed by atoms with Crippen LogP contribution < -0.4 is 4.90 Å². The van der Waals surface area contributed by atoms with Crippen LogP contribution in [-0.4, -0.2) is 62.2 Å². The molecule has 0 radical (unpaired) electrons. The van der Waals surface area contributed by atoms with Crippen LogP contribution in [0.15, 0.2) is 6.07 Å². The van der Waals surface area contributed by atoms with Crippen molar-refractivity contribution in [3.8, 4) is 0 Å². The number of carbonyl (C=O) groups excluding carboxylic acids is 2. The van der Waals surface area contributed by atoms with E-state index in [0.29, 0.717) is 35.9 Å². The van der Waals surface area contributed by atoms with Crippen molar-refractivity contribution < 1.29 is 28.9 Å². The van der Waals surface area contributed by atoms with Gasteiger partial charge in [0.05, 0.1) is 31.6 Å². The first-order valence-corrected chi connectivity index (χ1v) is 14.9. The van der Waals surface area contributed by atoms with Gasteiger partial charge in [-0.05, 0) is 76.2 Å². The highest BCUT2D eigenvalue weighted by Crippen LogP contribution is 2.42. The lowest BCUT2D eigenvalue weighted by atomic mass is 9.81. The minimum Gasteiger partial charge on any atom is -0.465 e. The Hall–Kier alpha value is -1.48. The lowest BCUT2D eigenvalue weighted by molar-refractivity contribution is -0.124. The fraction of sp³-hybridized carbons (Fsp3) is 0.793. The monoisotopic (exact) mass is 535 g/mol. The number of nitrogens with zero attached hydrogens (tertiary/aromatic N) is 1. The van der Waals surface area contributed by atoms with Crippen molar-refractivity contribution in [2.75, 3.05) is 31.8 Å². The maximum Gasteiger partial charge on any atom is 0.350 e. The molecule has 0 atom stereocenters. The Kier molecular flexibility index (Phi) is 9.70. The summed E-state index contributed by atoms with van der Waals surface area (Å²) in [4.78, 5) is 30.6. The predicted molar refractivity (Wildman–Crippen MR) is 145 cm³/mol. The molecule has 3 fully saturated rings. The third kappa shape index (κ3) is 6.94. The van der Waals surface area contributed by atoms with Crippen molar-refractivity contribution in [3.05, 3.63) is 15.8 Å². The molecule has 4 rings (SSSR count). The molecule has 2 saturated carbocycles. The number of rotatable bonds is 8. The Morgan fingerprint density at radius 1 is 1.05 bits per heavy atom. The minimum absolute atomic E-state index is 0.0253. The van der Waals surface area contributed by atoms with Gasteiger partial charge >= 0.3 is 5.97 Å². The van der Waals surface area contributed by atoms with E-state index in [1.165, 1.54) is 18.4 Å². The molecule has 1 N–H and O–H groups in total. The Morgan fingerprint density at radius 2 is 1.70 bits per heavy atom. The summed E-state index contributed by atoms with van der Waals surface area (Å²) in [7, 11) is 1.40. The Balaban J connectivity index is 1.64. The van der Waals surface area contributed by atoms with Gasteiger partial charge in [0.25, 0.3) is 0 Å². The first-order valence-electron chi connectivity index (χ1n) is 14.1. The number of ether oxygens (including phenoxy) is 3. The normalized spacial score (nSPS) is 27.6. The van der Waals surface area contributed by atoms with Crippen LogP contribution in [0.2, 0.25) is 0 Å². The molecular weight excluding hydrogens is 490 g/mol. The molecule has 208 valence electrons. The van der Waals surface area contributed by atoms with Crippen molar-refractivity contribution in [1.29, 1.82) is 0 Å². The van der Waals surface area contributed by atoms with Crippen LogP contribution >= 0.6 is 11.3 Å². The van der Waals surface area contributed by atoms with E-state index < -0.39 is 5.97 Å². The zero-order valence-corrected chi connectivity index (χ0v) is 23.8. The second-order valence-electron chi connectivity index (χ2n) is 12.0. The van der Waals surface area contributed by atoms with Crippen molar-refractivity contribution in [1.82, 2.24) is 0 Å². The highest BCUT2D eigenvalue weighted by Gasteiger charge is 2.39. The van der Waals surface area contributed by atoms with Crippen molar-refractivity contribution in [2.24, 2.45) is 11.8 Å². The van der Waals surface area contributed by atoms with Crippen LogP contribution in [0.25, 0.3) is 0 Å². The lowest BCUT2D eigenvalue weighted by Crippen LogP contribution is -2.47. The van der Waals surface area contributed by atoms with Gasteiger partial charge in [0.15, 0.2) is 0 Å². The third-order valence-corrected chi connectivity index (χ3v) is 9.96. The Labute approximate surface area is 225 Å². The molecule has 0 spiro atoms. The number of aliphatic hydroxyl groups is 1. The highest BCUT2D eigenvalue weighted by atomic mass is 32.1. The van der Waals surface area contributed by atoms with Gasteiger partial charge in [-0.3, -0.25) is 4.79 Å². The van der Waals surface area contributed by atoms with Crippen molar-refractivity contribution in [3.63, 3.8) is 0 Å². The number of esters is 1. The van der Waals surface area contributed by atoms with Crippen LogP contribution in [-0.2, 0) is 24.4 Å². The number of aliphatic hydroxyl groups excluding tert-OH is 1. The van der Waals surface area contributed by atoms with Gasteiger partial charge in [-0.1, -0.05) is 20.8 Å². The van der Waals surface area contributed by atoms with Gasteiger partial charge in [-0.15, -0.1) is 11.3 Å². The molecule has 37 heavy (non-hydrogen) atoms. The van der Waals surface area contributed by atoms with Crippen LogP contribution in [0.4, 0.5) is 5.69 Å². The highest BCUT2D eigenvalue weighted by molar-refractivity contribution is 7.14. The van der Waals surface area contributed by atoms with E-state index in [9.17, 15) is 14.7 Å².